The molecular formula is C12H14N2O5S2. The van der Waals surface area contributed by atoms with E-state index in [9.17, 15) is 13.2 Å². The van der Waals surface area contributed by atoms with Crippen molar-refractivity contribution in [3.63, 3.8) is 0 Å². The van der Waals surface area contributed by atoms with Crippen molar-refractivity contribution in [2.45, 2.75) is 29.1 Å². The Labute approximate surface area is 125 Å². The summed E-state index contributed by atoms with van der Waals surface area (Å²) in [6.07, 6.45) is 1.12. The number of piperidine rings is 1. The number of carboxylic acids is 1. The van der Waals surface area contributed by atoms with E-state index in [1.165, 1.54) is 15.6 Å². The van der Waals surface area contributed by atoms with Gasteiger partial charge >= 0.3 is 5.97 Å². The molecule has 1 N–H and O–H groups in total. The van der Waals surface area contributed by atoms with Gasteiger partial charge in [0.05, 0.1) is 0 Å². The van der Waals surface area contributed by atoms with Gasteiger partial charge in [-0.15, -0.1) is 11.3 Å². The summed E-state index contributed by atoms with van der Waals surface area (Å²) in [6.45, 7) is 0.616. The zero-order valence-corrected chi connectivity index (χ0v) is 12.7. The molecule has 7 nitrogen and oxygen atoms in total. The van der Waals surface area contributed by atoms with Crippen molar-refractivity contribution in [2.75, 3.05) is 13.1 Å². The maximum atomic E-state index is 12.4. The summed E-state index contributed by atoms with van der Waals surface area (Å²) >= 11 is 1.19. The van der Waals surface area contributed by atoms with Gasteiger partial charge < -0.3 is 9.94 Å². The van der Waals surface area contributed by atoms with E-state index in [1.807, 2.05) is 0 Å². The Morgan fingerprint density at radius 1 is 1.43 bits per heavy atom. The summed E-state index contributed by atoms with van der Waals surface area (Å²) in [5.41, 5.74) is -0.653. The minimum absolute atomic E-state index is 0.00423. The second kappa shape index (κ2) is 5.08. The summed E-state index contributed by atoms with van der Waals surface area (Å²) in [5.74, 6) is -1.08. The van der Waals surface area contributed by atoms with Crippen LogP contribution in [0.1, 0.15) is 19.3 Å². The minimum Gasteiger partial charge on any atom is -0.477 e. The van der Waals surface area contributed by atoms with E-state index in [0.717, 1.165) is 0 Å². The van der Waals surface area contributed by atoms with E-state index in [4.69, 9.17) is 9.94 Å². The second-order valence-corrected chi connectivity index (χ2v) is 8.24. The first kappa shape index (κ1) is 14.5. The van der Waals surface area contributed by atoms with Gasteiger partial charge in [0.1, 0.15) is 9.81 Å². The lowest BCUT2D eigenvalue weighted by atomic mass is 9.88. The monoisotopic (exact) mass is 330 g/mol. The van der Waals surface area contributed by atoms with Gasteiger partial charge in [-0.3, -0.25) is 0 Å². The van der Waals surface area contributed by atoms with Crippen LogP contribution >= 0.6 is 11.3 Å². The van der Waals surface area contributed by atoms with Crippen molar-refractivity contribution in [3.05, 3.63) is 17.5 Å². The fourth-order valence-corrected chi connectivity index (χ4v) is 5.16. The second-order valence-electron chi connectivity index (χ2n) is 5.13. The number of carboxylic acid groups (broad SMARTS) is 1. The van der Waals surface area contributed by atoms with Crippen molar-refractivity contribution >= 4 is 33.0 Å². The molecular weight excluding hydrogens is 316 g/mol. The molecule has 0 aromatic carbocycles. The van der Waals surface area contributed by atoms with Crippen molar-refractivity contribution in [2.24, 2.45) is 5.16 Å². The number of hydrogen-bond donors (Lipinski definition) is 1. The highest BCUT2D eigenvalue weighted by Crippen LogP contribution is 2.36. The third-order valence-corrected chi connectivity index (χ3v) is 7.08. The SMILES string of the molecule is O=C(O)C1=NOC2(CCN(S(=O)(=O)c3cccs3)CC2)C1. The molecule has 1 fully saturated rings. The van der Waals surface area contributed by atoms with E-state index in [0.29, 0.717) is 30.1 Å². The Kier molecular flexibility index (Phi) is 3.50. The van der Waals surface area contributed by atoms with Crippen LogP contribution in [0.2, 0.25) is 0 Å². The highest BCUT2D eigenvalue weighted by molar-refractivity contribution is 7.91. The molecule has 3 rings (SSSR count). The fourth-order valence-electron chi connectivity index (χ4n) is 2.58. The Morgan fingerprint density at radius 2 is 2.14 bits per heavy atom. The van der Waals surface area contributed by atoms with E-state index in [2.05, 4.69) is 5.16 Å². The van der Waals surface area contributed by atoms with Crippen LogP contribution in [0.3, 0.4) is 0 Å². The first-order chi connectivity index (χ1) is 9.93. The average molecular weight is 330 g/mol. The normalized spacial score (nSPS) is 22.0. The lowest BCUT2D eigenvalue weighted by molar-refractivity contribution is -0.129. The molecule has 0 aliphatic carbocycles. The van der Waals surface area contributed by atoms with E-state index in [-0.39, 0.29) is 12.1 Å². The van der Waals surface area contributed by atoms with Gasteiger partial charge in [-0.2, -0.15) is 4.31 Å². The van der Waals surface area contributed by atoms with Gasteiger partial charge in [0.15, 0.2) is 5.71 Å². The summed E-state index contributed by atoms with van der Waals surface area (Å²) < 4.78 is 26.5. The zero-order valence-electron chi connectivity index (χ0n) is 11.1. The third kappa shape index (κ3) is 2.56. The first-order valence-electron chi connectivity index (χ1n) is 6.45. The molecule has 1 spiro atoms. The summed E-state index contributed by atoms with van der Waals surface area (Å²) in [7, 11) is -3.45. The first-order valence-corrected chi connectivity index (χ1v) is 8.77. The van der Waals surface area contributed by atoms with E-state index >= 15 is 0 Å². The minimum atomic E-state index is -3.45. The molecule has 9 heteroatoms. The van der Waals surface area contributed by atoms with Crippen LogP contribution in [0.5, 0.6) is 0 Å². The predicted octanol–water partition coefficient (Wildman–Crippen LogP) is 1.13. The van der Waals surface area contributed by atoms with Gasteiger partial charge in [-0.1, -0.05) is 11.2 Å². The van der Waals surface area contributed by atoms with Gasteiger partial charge in [-0.05, 0) is 11.4 Å². The number of carbonyl (C=O) groups is 1. The van der Waals surface area contributed by atoms with Crippen molar-refractivity contribution < 1.29 is 23.2 Å². The van der Waals surface area contributed by atoms with Gasteiger partial charge in [-0.25, -0.2) is 13.2 Å². The molecule has 1 saturated heterocycles. The molecule has 0 saturated carbocycles. The molecule has 1 aromatic heterocycles. The van der Waals surface area contributed by atoms with E-state index < -0.39 is 21.6 Å². The van der Waals surface area contributed by atoms with Crippen LogP contribution in [0.4, 0.5) is 0 Å². The number of hydrogen-bond acceptors (Lipinski definition) is 6. The van der Waals surface area contributed by atoms with Crippen molar-refractivity contribution in [1.29, 1.82) is 0 Å². The highest BCUT2D eigenvalue weighted by Gasteiger charge is 2.45. The quantitative estimate of drug-likeness (QED) is 0.896. The van der Waals surface area contributed by atoms with Crippen LogP contribution in [-0.2, 0) is 19.7 Å². The summed E-state index contributed by atoms with van der Waals surface area (Å²) in [5, 5.41) is 14.2. The molecule has 1 aromatic rings. The predicted molar refractivity (Wildman–Crippen MR) is 75.8 cm³/mol. The molecule has 3 heterocycles. The summed E-state index contributed by atoms with van der Waals surface area (Å²) in [4.78, 5) is 16.2. The molecule has 2 aliphatic rings. The molecule has 114 valence electrons. The molecule has 0 atom stereocenters. The number of oxime groups is 1. The molecule has 0 bridgehead atoms. The molecule has 0 unspecified atom stereocenters. The largest absolute Gasteiger partial charge is 0.477 e. The van der Waals surface area contributed by atoms with Crippen LogP contribution in [-0.4, -0.2) is 48.2 Å². The van der Waals surface area contributed by atoms with Crippen molar-refractivity contribution in [1.82, 2.24) is 4.31 Å². The number of sulfonamides is 1. The van der Waals surface area contributed by atoms with Crippen LogP contribution < -0.4 is 0 Å². The number of thiophene rings is 1. The Morgan fingerprint density at radius 3 is 2.67 bits per heavy atom. The van der Waals surface area contributed by atoms with E-state index in [1.54, 1.807) is 17.5 Å². The molecule has 0 radical (unpaired) electrons. The topological polar surface area (TPSA) is 96.3 Å². The van der Waals surface area contributed by atoms with Crippen molar-refractivity contribution in [3.8, 4) is 0 Å². The molecule has 2 aliphatic heterocycles. The molecule has 21 heavy (non-hydrogen) atoms. The van der Waals surface area contributed by atoms with Crippen LogP contribution in [0.15, 0.2) is 26.9 Å². The van der Waals surface area contributed by atoms with Crippen LogP contribution in [0.25, 0.3) is 0 Å². The Balaban J connectivity index is 1.68. The lowest BCUT2D eigenvalue weighted by Crippen LogP contribution is -2.46. The number of aliphatic carboxylic acids is 1. The number of rotatable bonds is 3. The summed E-state index contributed by atoms with van der Waals surface area (Å²) in [6, 6.07) is 3.29. The zero-order chi connectivity index (χ0) is 15.1. The van der Waals surface area contributed by atoms with Gasteiger partial charge in [0, 0.05) is 32.4 Å². The highest BCUT2D eigenvalue weighted by atomic mass is 32.2. The standard InChI is InChI=1S/C12H14N2O5S2/c15-11(16)9-8-12(19-13-9)3-5-14(6-4-12)21(17,18)10-2-1-7-20-10/h1-2,7H,3-6,8H2,(H,15,16). The van der Waals surface area contributed by atoms with Crippen LogP contribution in [0, 0.1) is 0 Å². The van der Waals surface area contributed by atoms with Gasteiger partial charge in [0.25, 0.3) is 10.0 Å². The number of nitrogens with zero attached hydrogens (tertiary/aromatic N) is 2. The maximum Gasteiger partial charge on any atom is 0.353 e. The average Bonchev–Trinajstić information content (AvgIpc) is 3.09. The maximum absolute atomic E-state index is 12.4. The third-order valence-electron chi connectivity index (χ3n) is 3.81. The smallest absolute Gasteiger partial charge is 0.353 e. The Hall–Kier alpha value is -1.45. The Bertz CT molecular complexity index is 673. The fraction of sp³-hybridized carbons (Fsp3) is 0.500. The van der Waals surface area contributed by atoms with Gasteiger partial charge in [0.2, 0.25) is 0 Å². The lowest BCUT2D eigenvalue weighted by Gasteiger charge is -2.36. The molecule has 0 amide bonds.